The van der Waals surface area contributed by atoms with E-state index < -0.39 is 11.9 Å². The first-order valence-electron chi connectivity index (χ1n) is 5.68. The van der Waals surface area contributed by atoms with Gasteiger partial charge in [0.25, 0.3) is 5.92 Å². The van der Waals surface area contributed by atoms with Crippen LogP contribution in [-0.4, -0.2) is 20.9 Å². The Bertz CT molecular complexity index is 675. The predicted octanol–water partition coefficient (Wildman–Crippen LogP) is 3.11. The Hall–Kier alpha value is -1.76. The molecule has 0 amide bonds. The Morgan fingerprint density at radius 1 is 1.58 bits per heavy atom. The van der Waals surface area contributed by atoms with Crippen LogP contribution in [0.25, 0.3) is 11.3 Å². The Morgan fingerprint density at radius 3 is 3.00 bits per heavy atom. The summed E-state index contributed by atoms with van der Waals surface area (Å²) < 4.78 is 29.7. The highest BCUT2D eigenvalue weighted by Gasteiger charge is 2.40. The van der Waals surface area contributed by atoms with Gasteiger partial charge in [-0.3, -0.25) is 4.68 Å². The van der Waals surface area contributed by atoms with Crippen LogP contribution in [0.5, 0.6) is 0 Å². The van der Waals surface area contributed by atoms with Crippen LogP contribution < -0.4 is 0 Å². The minimum absolute atomic E-state index is 0.0706. The maximum Gasteiger partial charge on any atom is 0.345 e. The van der Waals surface area contributed by atoms with Crippen LogP contribution in [0.1, 0.15) is 26.5 Å². The van der Waals surface area contributed by atoms with Crippen molar-refractivity contribution in [2.24, 2.45) is 0 Å². The first-order chi connectivity index (χ1) is 8.90. The molecule has 2 aromatic rings. The molecule has 0 fully saturated rings. The van der Waals surface area contributed by atoms with Gasteiger partial charge in [-0.1, -0.05) is 0 Å². The van der Waals surface area contributed by atoms with Crippen molar-refractivity contribution in [2.75, 3.05) is 0 Å². The van der Waals surface area contributed by atoms with Crippen LogP contribution >= 0.6 is 11.3 Å². The second-order valence-corrected chi connectivity index (χ2v) is 5.56. The third-order valence-electron chi connectivity index (χ3n) is 3.19. The first-order valence-corrected chi connectivity index (χ1v) is 6.50. The van der Waals surface area contributed by atoms with Gasteiger partial charge >= 0.3 is 5.97 Å². The summed E-state index contributed by atoms with van der Waals surface area (Å²) in [5.41, 5.74) is 1.66. The Labute approximate surface area is 111 Å². The topological polar surface area (TPSA) is 55.1 Å². The molecule has 0 aliphatic carbocycles. The molecule has 3 heterocycles. The number of fused-ring (bicyclic) bond motifs is 3. The molecule has 19 heavy (non-hydrogen) atoms. The largest absolute Gasteiger partial charge is 0.477 e. The third kappa shape index (κ3) is 1.76. The molecule has 0 unspecified atom stereocenters. The van der Waals surface area contributed by atoms with Gasteiger partial charge in [-0.2, -0.15) is 5.10 Å². The van der Waals surface area contributed by atoms with Crippen molar-refractivity contribution < 1.29 is 18.7 Å². The van der Waals surface area contributed by atoms with Gasteiger partial charge in [-0.25, -0.2) is 13.6 Å². The molecule has 2 aromatic heterocycles. The number of hydrogen-bond donors (Lipinski definition) is 1. The Kier molecular flexibility index (Phi) is 2.50. The van der Waals surface area contributed by atoms with E-state index in [9.17, 15) is 13.6 Å². The summed E-state index contributed by atoms with van der Waals surface area (Å²) in [5.74, 6) is -4.20. The van der Waals surface area contributed by atoms with E-state index in [2.05, 4.69) is 5.10 Å². The molecule has 7 heteroatoms. The zero-order valence-corrected chi connectivity index (χ0v) is 10.8. The SMILES string of the molecule is Cc1cnn2c1-c1cc(C(=O)O)sc1C(F)(F)CC2. The molecule has 0 radical (unpaired) electrons. The van der Waals surface area contributed by atoms with Gasteiger partial charge in [0, 0.05) is 18.5 Å². The fourth-order valence-electron chi connectivity index (χ4n) is 2.30. The molecule has 1 aliphatic rings. The molecule has 4 nitrogen and oxygen atoms in total. The van der Waals surface area contributed by atoms with Crippen LogP contribution in [0.2, 0.25) is 0 Å². The van der Waals surface area contributed by atoms with E-state index in [-0.39, 0.29) is 22.7 Å². The predicted molar refractivity (Wildman–Crippen MR) is 65.7 cm³/mol. The number of thiophene rings is 1. The van der Waals surface area contributed by atoms with Crippen LogP contribution in [0.15, 0.2) is 12.3 Å². The Balaban J connectivity index is 2.31. The second kappa shape index (κ2) is 3.86. The first kappa shape index (κ1) is 12.3. The molecular weight excluding hydrogens is 274 g/mol. The number of carboxylic acids is 1. The lowest BCUT2D eigenvalue weighted by Gasteiger charge is -2.12. The quantitative estimate of drug-likeness (QED) is 0.875. The van der Waals surface area contributed by atoms with Crippen molar-refractivity contribution in [1.29, 1.82) is 0 Å². The molecule has 0 bridgehead atoms. The van der Waals surface area contributed by atoms with Gasteiger partial charge in [0.15, 0.2) is 0 Å². The summed E-state index contributed by atoms with van der Waals surface area (Å²) in [6.07, 6.45) is 1.24. The summed E-state index contributed by atoms with van der Waals surface area (Å²) in [4.78, 5) is 10.7. The monoisotopic (exact) mass is 284 g/mol. The second-order valence-electron chi connectivity index (χ2n) is 4.51. The van der Waals surface area contributed by atoms with Gasteiger partial charge in [-0.15, -0.1) is 11.3 Å². The summed E-state index contributed by atoms with van der Waals surface area (Å²) in [6.45, 7) is 1.91. The van der Waals surface area contributed by atoms with Gasteiger partial charge < -0.3 is 5.11 Å². The van der Waals surface area contributed by atoms with Crippen molar-refractivity contribution in [1.82, 2.24) is 9.78 Å². The van der Waals surface area contributed by atoms with Gasteiger partial charge in [0.05, 0.1) is 16.8 Å². The lowest BCUT2D eigenvalue weighted by Crippen LogP contribution is -2.13. The molecule has 0 saturated carbocycles. The van der Waals surface area contributed by atoms with Gasteiger partial charge in [0.1, 0.15) is 4.88 Å². The number of aryl methyl sites for hydroxylation is 2. The zero-order valence-electron chi connectivity index (χ0n) is 9.98. The third-order valence-corrected chi connectivity index (χ3v) is 4.43. The average Bonchev–Trinajstić information content (AvgIpc) is 2.88. The van der Waals surface area contributed by atoms with Crippen LogP contribution in [0.3, 0.4) is 0 Å². The number of carboxylic acid groups (broad SMARTS) is 1. The minimum Gasteiger partial charge on any atom is -0.477 e. The normalized spacial score (nSPS) is 16.6. The fourth-order valence-corrected chi connectivity index (χ4v) is 3.30. The maximum atomic E-state index is 14.1. The number of rotatable bonds is 1. The van der Waals surface area contributed by atoms with Crippen LogP contribution in [0, 0.1) is 6.92 Å². The molecular formula is C12H10F2N2O2S. The van der Waals surface area contributed by atoms with Crippen molar-refractivity contribution >= 4 is 17.3 Å². The highest BCUT2D eigenvalue weighted by Crippen LogP contribution is 2.46. The summed E-state index contributed by atoms with van der Waals surface area (Å²) in [7, 11) is 0. The minimum atomic E-state index is -3.01. The number of hydrogen-bond acceptors (Lipinski definition) is 3. The molecule has 0 saturated heterocycles. The fraction of sp³-hybridized carbons (Fsp3) is 0.333. The Morgan fingerprint density at radius 2 is 2.32 bits per heavy atom. The number of halogens is 2. The van der Waals surface area contributed by atoms with E-state index in [1.807, 2.05) is 0 Å². The van der Waals surface area contributed by atoms with E-state index in [0.717, 1.165) is 5.56 Å². The number of nitrogens with zero attached hydrogens (tertiary/aromatic N) is 2. The molecule has 0 atom stereocenters. The van der Waals surface area contributed by atoms with Crippen molar-refractivity contribution in [3.05, 3.63) is 27.6 Å². The van der Waals surface area contributed by atoms with E-state index in [1.165, 1.54) is 10.7 Å². The highest BCUT2D eigenvalue weighted by atomic mass is 32.1. The zero-order chi connectivity index (χ0) is 13.8. The van der Waals surface area contributed by atoms with Crippen LogP contribution in [0.4, 0.5) is 8.78 Å². The lowest BCUT2D eigenvalue weighted by molar-refractivity contribution is -0.0122. The maximum absolute atomic E-state index is 14.1. The van der Waals surface area contributed by atoms with Gasteiger partial charge in [-0.05, 0) is 18.6 Å². The molecule has 0 aromatic carbocycles. The van der Waals surface area contributed by atoms with E-state index in [1.54, 1.807) is 13.1 Å². The number of aromatic carboxylic acids is 1. The summed E-state index contributed by atoms with van der Waals surface area (Å²) in [5, 5.41) is 13.1. The lowest BCUT2D eigenvalue weighted by atomic mass is 10.1. The summed E-state index contributed by atoms with van der Waals surface area (Å²) in [6, 6.07) is 1.32. The van der Waals surface area contributed by atoms with Crippen molar-refractivity contribution in [2.45, 2.75) is 25.8 Å². The molecule has 3 rings (SSSR count). The average molecular weight is 284 g/mol. The highest BCUT2D eigenvalue weighted by molar-refractivity contribution is 7.14. The molecule has 1 N–H and O–H groups in total. The van der Waals surface area contributed by atoms with E-state index >= 15 is 0 Å². The number of alkyl halides is 2. The molecule has 100 valence electrons. The van der Waals surface area contributed by atoms with Crippen molar-refractivity contribution in [3.63, 3.8) is 0 Å². The number of aromatic nitrogens is 2. The van der Waals surface area contributed by atoms with Gasteiger partial charge in [0.2, 0.25) is 0 Å². The van der Waals surface area contributed by atoms with Crippen molar-refractivity contribution in [3.8, 4) is 11.3 Å². The van der Waals surface area contributed by atoms with E-state index in [4.69, 9.17) is 5.11 Å². The standard InChI is InChI=1S/C12H10F2N2O2S/c1-6-5-15-16-3-2-12(13,14)10-7(9(6)16)4-8(19-10)11(17)18/h4-5H,2-3H2,1H3,(H,17,18). The molecule has 1 aliphatic heterocycles. The molecule has 0 spiro atoms. The number of carbonyl (C=O) groups is 1. The van der Waals surface area contributed by atoms with Crippen LogP contribution in [-0.2, 0) is 12.5 Å². The van der Waals surface area contributed by atoms with E-state index in [0.29, 0.717) is 22.6 Å². The summed E-state index contributed by atoms with van der Waals surface area (Å²) >= 11 is 0.649. The smallest absolute Gasteiger partial charge is 0.345 e.